The second kappa shape index (κ2) is 4.90. The van der Waals surface area contributed by atoms with E-state index < -0.39 is 0 Å². The molecule has 0 aliphatic rings. The lowest BCUT2D eigenvalue weighted by atomic mass is 10.00. The van der Waals surface area contributed by atoms with Gasteiger partial charge in [0.25, 0.3) is 0 Å². The van der Waals surface area contributed by atoms with E-state index in [0.717, 1.165) is 12.1 Å². The van der Waals surface area contributed by atoms with Crippen LogP contribution in [0.4, 0.5) is 0 Å². The van der Waals surface area contributed by atoms with Crippen molar-refractivity contribution in [2.75, 3.05) is 6.54 Å². The van der Waals surface area contributed by atoms with Crippen LogP contribution in [0.1, 0.15) is 11.1 Å². The standard InChI is InChI=1S/C14H16N2/c1-11-5-2-3-7-13(11)14-12(8-9-15)6-4-10-16-14/h2-7,10H,8-9,15H2,1H3. The van der Waals surface area contributed by atoms with E-state index in [4.69, 9.17) is 5.73 Å². The van der Waals surface area contributed by atoms with Crippen LogP contribution in [0.25, 0.3) is 11.3 Å². The minimum Gasteiger partial charge on any atom is -0.330 e. The van der Waals surface area contributed by atoms with Gasteiger partial charge in [0.1, 0.15) is 0 Å². The fourth-order valence-electron chi connectivity index (χ4n) is 1.88. The molecule has 16 heavy (non-hydrogen) atoms. The number of rotatable bonds is 3. The molecular weight excluding hydrogens is 196 g/mol. The van der Waals surface area contributed by atoms with E-state index in [1.54, 1.807) is 0 Å². The Morgan fingerprint density at radius 2 is 1.94 bits per heavy atom. The lowest BCUT2D eigenvalue weighted by molar-refractivity contribution is 0.961. The van der Waals surface area contributed by atoms with Gasteiger partial charge in [-0.05, 0) is 37.1 Å². The van der Waals surface area contributed by atoms with Gasteiger partial charge < -0.3 is 5.73 Å². The van der Waals surface area contributed by atoms with Crippen molar-refractivity contribution in [1.82, 2.24) is 4.98 Å². The minimum absolute atomic E-state index is 0.657. The molecule has 0 bridgehead atoms. The van der Waals surface area contributed by atoms with Crippen LogP contribution in [-0.4, -0.2) is 11.5 Å². The Balaban J connectivity index is 2.51. The van der Waals surface area contributed by atoms with Crippen LogP contribution < -0.4 is 5.73 Å². The smallest absolute Gasteiger partial charge is 0.0737 e. The van der Waals surface area contributed by atoms with Crippen molar-refractivity contribution in [3.63, 3.8) is 0 Å². The Kier molecular flexibility index (Phi) is 3.32. The van der Waals surface area contributed by atoms with Crippen molar-refractivity contribution in [3.8, 4) is 11.3 Å². The molecule has 0 aliphatic carbocycles. The summed E-state index contributed by atoms with van der Waals surface area (Å²) >= 11 is 0. The molecule has 82 valence electrons. The number of pyridine rings is 1. The Labute approximate surface area is 96.1 Å². The first-order valence-electron chi connectivity index (χ1n) is 5.53. The van der Waals surface area contributed by atoms with Crippen molar-refractivity contribution in [2.24, 2.45) is 5.73 Å². The molecular formula is C14H16N2. The summed E-state index contributed by atoms with van der Waals surface area (Å²) in [7, 11) is 0. The van der Waals surface area contributed by atoms with Gasteiger partial charge >= 0.3 is 0 Å². The Morgan fingerprint density at radius 3 is 2.69 bits per heavy atom. The van der Waals surface area contributed by atoms with Crippen LogP contribution in [-0.2, 0) is 6.42 Å². The SMILES string of the molecule is Cc1ccccc1-c1ncccc1CCN. The molecule has 2 rings (SSSR count). The molecule has 0 fully saturated rings. The van der Waals surface area contributed by atoms with E-state index in [-0.39, 0.29) is 0 Å². The summed E-state index contributed by atoms with van der Waals surface area (Å²) < 4.78 is 0. The van der Waals surface area contributed by atoms with E-state index in [1.807, 2.05) is 24.4 Å². The monoisotopic (exact) mass is 212 g/mol. The van der Waals surface area contributed by atoms with E-state index in [9.17, 15) is 0 Å². The van der Waals surface area contributed by atoms with Crippen LogP contribution in [0.3, 0.4) is 0 Å². The molecule has 1 aromatic heterocycles. The maximum atomic E-state index is 5.62. The number of nitrogens with two attached hydrogens (primary N) is 1. The van der Waals surface area contributed by atoms with E-state index in [1.165, 1.54) is 16.7 Å². The molecule has 0 saturated carbocycles. The van der Waals surface area contributed by atoms with Gasteiger partial charge in [0.05, 0.1) is 5.69 Å². The van der Waals surface area contributed by atoms with Crippen molar-refractivity contribution < 1.29 is 0 Å². The summed E-state index contributed by atoms with van der Waals surface area (Å²) in [5.74, 6) is 0. The summed E-state index contributed by atoms with van der Waals surface area (Å²) in [6.07, 6.45) is 2.71. The first kappa shape index (κ1) is 10.8. The average molecular weight is 212 g/mol. The van der Waals surface area contributed by atoms with Crippen molar-refractivity contribution in [2.45, 2.75) is 13.3 Å². The fraction of sp³-hybridized carbons (Fsp3) is 0.214. The summed E-state index contributed by atoms with van der Waals surface area (Å²) in [5, 5.41) is 0. The van der Waals surface area contributed by atoms with Gasteiger partial charge in [-0.3, -0.25) is 4.98 Å². The summed E-state index contributed by atoms with van der Waals surface area (Å²) in [6.45, 7) is 2.76. The summed E-state index contributed by atoms with van der Waals surface area (Å²) in [5.41, 5.74) is 10.4. The van der Waals surface area contributed by atoms with Gasteiger partial charge in [-0.2, -0.15) is 0 Å². The molecule has 2 N–H and O–H groups in total. The zero-order valence-electron chi connectivity index (χ0n) is 9.48. The molecule has 0 atom stereocenters. The van der Waals surface area contributed by atoms with Gasteiger partial charge in [0, 0.05) is 11.8 Å². The van der Waals surface area contributed by atoms with Gasteiger partial charge in [-0.1, -0.05) is 30.3 Å². The molecule has 0 saturated heterocycles. The molecule has 0 unspecified atom stereocenters. The Morgan fingerprint density at radius 1 is 1.12 bits per heavy atom. The third-order valence-corrected chi connectivity index (χ3v) is 2.71. The third-order valence-electron chi connectivity index (χ3n) is 2.71. The van der Waals surface area contributed by atoms with Gasteiger partial charge in [-0.15, -0.1) is 0 Å². The van der Waals surface area contributed by atoms with Gasteiger partial charge in [-0.25, -0.2) is 0 Å². The highest BCUT2D eigenvalue weighted by Gasteiger charge is 2.07. The molecule has 2 heteroatoms. The zero-order valence-corrected chi connectivity index (χ0v) is 9.48. The lowest BCUT2D eigenvalue weighted by Crippen LogP contribution is -2.05. The zero-order chi connectivity index (χ0) is 11.4. The molecule has 2 aromatic rings. The normalized spacial score (nSPS) is 10.4. The molecule has 0 radical (unpaired) electrons. The molecule has 0 spiro atoms. The maximum absolute atomic E-state index is 5.62. The largest absolute Gasteiger partial charge is 0.330 e. The van der Waals surface area contributed by atoms with E-state index >= 15 is 0 Å². The van der Waals surface area contributed by atoms with Crippen LogP contribution in [0.5, 0.6) is 0 Å². The Bertz CT molecular complexity index is 478. The predicted octanol–water partition coefficient (Wildman–Crippen LogP) is 2.56. The van der Waals surface area contributed by atoms with E-state index in [2.05, 4.69) is 30.1 Å². The summed E-state index contributed by atoms with van der Waals surface area (Å²) in [4.78, 5) is 4.47. The first-order chi connectivity index (χ1) is 7.83. The molecule has 0 amide bonds. The van der Waals surface area contributed by atoms with E-state index in [0.29, 0.717) is 6.54 Å². The highest BCUT2D eigenvalue weighted by Crippen LogP contribution is 2.24. The minimum atomic E-state index is 0.657. The quantitative estimate of drug-likeness (QED) is 0.849. The topological polar surface area (TPSA) is 38.9 Å². The van der Waals surface area contributed by atoms with Gasteiger partial charge in [0.2, 0.25) is 0 Å². The highest BCUT2D eigenvalue weighted by atomic mass is 14.7. The summed E-state index contributed by atoms with van der Waals surface area (Å²) in [6, 6.07) is 12.4. The van der Waals surface area contributed by atoms with Crippen molar-refractivity contribution >= 4 is 0 Å². The number of nitrogens with zero attached hydrogens (tertiary/aromatic N) is 1. The lowest BCUT2D eigenvalue weighted by Gasteiger charge is -2.09. The van der Waals surface area contributed by atoms with Crippen LogP contribution in [0.2, 0.25) is 0 Å². The number of aryl methyl sites for hydroxylation is 1. The average Bonchev–Trinajstić information content (AvgIpc) is 2.31. The third kappa shape index (κ3) is 2.12. The predicted molar refractivity (Wildman–Crippen MR) is 67.2 cm³/mol. The van der Waals surface area contributed by atoms with Crippen LogP contribution in [0, 0.1) is 6.92 Å². The second-order valence-electron chi connectivity index (χ2n) is 3.86. The number of hydrogen-bond acceptors (Lipinski definition) is 2. The molecule has 1 heterocycles. The second-order valence-corrected chi connectivity index (χ2v) is 3.86. The molecule has 2 nitrogen and oxygen atoms in total. The fourth-order valence-corrected chi connectivity index (χ4v) is 1.88. The number of aromatic nitrogens is 1. The van der Waals surface area contributed by atoms with Crippen molar-refractivity contribution in [1.29, 1.82) is 0 Å². The molecule has 0 aliphatic heterocycles. The van der Waals surface area contributed by atoms with Crippen LogP contribution >= 0.6 is 0 Å². The van der Waals surface area contributed by atoms with Gasteiger partial charge in [0.15, 0.2) is 0 Å². The van der Waals surface area contributed by atoms with Crippen LogP contribution in [0.15, 0.2) is 42.6 Å². The molecule has 1 aromatic carbocycles. The Hall–Kier alpha value is -1.67. The maximum Gasteiger partial charge on any atom is 0.0737 e. The first-order valence-corrected chi connectivity index (χ1v) is 5.53. The van der Waals surface area contributed by atoms with Crippen molar-refractivity contribution in [3.05, 3.63) is 53.7 Å². The number of benzene rings is 1. The number of hydrogen-bond donors (Lipinski definition) is 1. The highest BCUT2D eigenvalue weighted by molar-refractivity contribution is 5.66.